The van der Waals surface area contributed by atoms with Gasteiger partial charge in [-0.2, -0.15) is 0 Å². The van der Waals surface area contributed by atoms with Crippen molar-refractivity contribution in [3.05, 3.63) is 133 Å². The van der Waals surface area contributed by atoms with Gasteiger partial charge in [-0.15, -0.1) is 0 Å². The number of anilines is 1. The maximum Gasteiger partial charge on any atom is 0.322 e. The largest absolute Gasteiger partial charge is 0.322 e. The van der Waals surface area contributed by atoms with Crippen molar-refractivity contribution in [3.8, 4) is 5.69 Å². The van der Waals surface area contributed by atoms with Gasteiger partial charge in [0.25, 0.3) is 5.56 Å². The van der Waals surface area contributed by atoms with Crippen LogP contribution in [0.15, 0.2) is 106 Å². The lowest BCUT2D eigenvalue weighted by atomic mass is 10.1. The molecule has 5 rings (SSSR count). The third-order valence-corrected chi connectivity index (χ3v) is 8.23. The van der Waals surface area contributed by atoms with Gasteiger partial charge in [-0.05, 0) is 66.9 Å². The van der Waals surface area contributed by atoms with Gasteiger partial charge < -0.3 is 10.2 Å². The third kappa shape index (κ3) is 6.32. The normalized spacial score (nSPS) is 11.8. The van der Waals surface area contributed by atoms with Crippen LogP contribution in [-0.2, 0) is 6.42 Å². The Morgan fingerprint density at radius 1 is 0.951 bits per heavy atom. The lowest BCUT2D eigenvalue weighted by Gasteiger charge is -2.32. The van der Waals surface area contributed by atoms with Crippen molar-refractivity contribution in [1.82, 2.24) is 14.5 Å². The molecule has 1 atom stereocenters. The Morgan fingerprint density at radius 3 is 2.39 bits per heavy atom. The van der Waals surface area contributed by atoms with Crippen LogP contribution < -0.4 is 10.9 Å². The average Bonchev–Trinajstić information content (AvgIpc) is 2.99. The van der Waals surface area contributed by atoms with Gasteiger partial charge in [-0.3, -0.25) is 9.36 Å². The predicted molar refractivity (Wildman–Crippen MR) is 170 cm³/mol. The van der Waals surface area contributed by atoms with Crippen LogP contribution in [0.5, 0.6) is 0 Å². The quantitative estimate of drug-likeness (QED) is 0.183. The maximum atomic E-state index is 14.0. The summed E-state index contributed by atoms with van der Waals surface area (Å²) in [4.78, 5) is 34.7. The van der Waals surface area contributed by atoms with E-state index in [1.165, 1.54) is 0 Å². The molecule has 41 heavy (non-hydrogen) atoms. The highest BCUT2D eigenvalue weighted by Crippen LogP contribution is 2.32. The topological polar surface area (TPSA) is 67.2 Å². The molecule has 0 saturated carbocycles. The Labute approximate surface area is 256 Å². The highest BCUT2D eigenvalue weighted by molar-refractivity contribution is 9.10. The molecule has 1 heterocycles. The van der Waals surface area contributed by atoms with E-state index < -0.39 is 6.04 Å². The Hall–Kier alpha value is -3.65. The number of rotatable bonds is 8. The molecule has 6 nitrogen and oxygen atoms in total. The molecule has 0 saturated heterocycles. The van der Waals surface area contributed by atoms with E-state index in [0.29, 0.717) is 52.5 Å². The molecule has 9 heteroatoms. The van der Waals surface area contributed by atoms with E-state index in [1.54, 1.807) is 33.7 Å². The molecule has 5 aromatic rings. The number of fused-ring (bicyclic) bond motifs is 1. The lowest BCUT2D eigenvalue weighted by molar-refractivity contribution is 0.182. The van der Waals surface area contributed by atoms with Crippen LogP contribution in [0, 0.1) is 0 Å². The summed E-state index contributed by atoms with van der Waals surface area (Å²) in [5.74, 6) is 0.471. The first-order chi connectivity index (χ1) is 19.9. The number of nitrogens with one attached hydrogen (secondary N) is 1. The van der Waals surface area contributed by atoms with Crippen molar-refractivity contribution >= 4 is 61.8 Å². The van der Waals surface area contributed by atoms with E-state index in [-0.39, 0.29) is 16.6 Å². The SMILES string of the molecule is CCC(c1nc2ccccc2c(=O)n1-c1ccc(Br)cc1)N(CCc1ccccc1)C(=O)Nc1cccc(Cl)c1Cl. The second-order valence-corrected chi connectivity index (χ2v) is 11.2. The van der Waals surface area contributed by atoms with Gasteiger partial charge in [0.2, 0.25) is 0 Å². The summed E-state index contributed by atoms with van der Waals surface area (Å²) in [6.07, 6.45) is 1.11. The first-order valence-corrected chi connectivity index (χ1v) is 14.8. The van der Waals surface area contributed by atoms with E-state index in [4.69, 9.17) is 28.2 Å². The summed E-state index contributed by atoms with van der Waals surface area (Å²) in [6, 6.07) is 28.9. The van der Waals surface area contributed by atoms with E-state index in [9.17, 15) is 9.59 Å². The van der Waals surface area contributed by atoms with Gasteiger partial charge in [0.05, 0.1) is 38.4 Å². The summed E-state index contributed by atoms with van der Waals surface area (Å²) >= 11 is 16.1. The van der Waals surface area contributed by atoms with Crippen LogP contribution in [0.4, 0.5) is 10.5 Å². The first kappa shape index (κ1) is 28.9. The molecule has 208 valence electrons. The monoisotopic (exact) mass is 648 g/mol. The molecule has 0 radical (unpaired) electrons. The number of hydrogen-bond donors (Lipinski definition) is 1. The third-order valence-electron chi connectivity index (χ3n) is 6.89. The molecule has 1 unspecified atom stereocenters. The maximum absolute atomic E-state index is 14.0. The van der Waals surface area contributed by atoms with E-state index in [1.807, 2.05) is 79.7 Å². The standard InChI is InChI=1S/C32H27BrCl2N4O2/c1-2-28(30-36-26-13-7-6-11-24(26)31(40)39(30)23-17-15-22(33)16-18-23)38(20-19-21-9-4-3-5-10-21)32(41)37-27-14-8-12-25(34)29(27)35/h3-18,28H,2,19-20H2,1H3,(H,37,41). The minimum Gasteiger partial charge on any atom is -0.314 e. The van der Waals surface area contributed by atoms with Gasteiger partial charge >= 0.3 is 6.03 Å². The van der Waals surface area contributed by atoms with Crippen LogP contribution in [0.1, 0.15) is 30.8 Å². The van der Waals surface area contributed by atoms with Crippen LogP contribution >= 0.6 is 39.1 Å². The number of urea groups is 1. The predicted octanol–water partition coefficient (Wildman–Crippen LogP) is 8.68. The number of hydrogen-bond acceptors (Lipinski definition) is 3. The number of carbonyl (C=O) groups excluding carboxylic acids is 1. The Morgan fingerprint density at radius 2 is 1.66 bits per heavy atom. The Bertz CT molecular complexity index is 1740. The number of para-hydroxylation sites is 1. The minimum atomic E-state index is -0.544. The fourth-order valence-corrected chi connectivity index (χ4v) is 5.45. The van der Waals surface area contributed by atoms with Gasteiger partial charge in [0, 0.05) is 11.0 Å². The van der Waals surface area contributed by atoms with Crippen molar-refractivity contribution in [2.24, 2.45) is 0 Å². The van der Waals surface area contributed by atoms with Crippen molar-refractivity contribution in [2.45, 2.75) is 25.8 Å². The van der Waals surface area contributed by atoms with E-state index >= 15 is 0 Å². The molecule has 1 N–H and O–H groups in total. The number of amides is 2. The average molecular weight is 650 g/mol. The van der Waals surface area contributed by atoms with Gasteiger partial charge in [0.15, 0.2) is 0 Å². The molecule has 0 spiro atoms. The molecular weight excluding hydrogens is 623 g/mol. The molecule has 0 aliphatic carbocycles. The Balaban J connectivity index is 1.64. The molecule has 4 aromatic carbocycles. The van der Waals surface area contributed by atoms with Crippen LogP contribution in [-0.4, -0.2) is 27.0 Å². The van der Waals surface area contributed by atoms with Gasteiger partial charge in [-0.1, -0.05) is 94.6 Å². The molecule has 1 aromatic heterocycles. The summed E-state index contributed by atoms with van der Waals surface area (Å²) < 4.78 is 2.50. The Kier molecular flexibility index (Phi) is 9.08. The zero-order valence-corrected chi connectivity index (χ0v) is 25.3. The van der Waals surface area contributed by atoms with Gasteiger partial charge in [-0.25, -0.2) is 9.78 Å². The number of nitrogens with zero attached hydrogens (tertiary/aromatic N) is 3. The number of carbonyl (C=O) groups is 1. The van der Waals surface area contributed by atoms with E-state index in [0.717, 1.165) is 10.0 Å². The molecule has 2 amide bonds. The molecule has 0 aliphatic heterocycles. The summed E-state index contributed by atoms with van der Waals surface area (Å²) in [6.45, 7) is 2.35. The lowest BCUT2D eigenvalue weighted by Crippen LogP contribution is -2.42. The summed E-state index contributed by atoms with van der Waals surface area (Å²) in [7, 11) is 0. The number of aromatic nitrogens is 2. The van der Waals surface area contributed by atoms with Crippen molar-refractivity contribution in [2.75, 3.05) is 11.9 Å². The fourth-order valence-electron chi connectivity index (χ4n) is 4.84. The summed E-state index contributed by atoms with van der Waals surface area (Å²) in [5.41, 5.74) is 2.51. The fraction of sp³-hybridized carbons (Fsp3) is 0.156. The van der Waals surface area contributed by atoms with Crippen molar-refractivity contribution in [3.63, 3.8) is 0 Å². The van der Waals surface area contributed by atoms with E-state index in [2.05, 4.69) is 21.2 Å². The zero-order valence-electron chi connectivity index (χ0n) is 22.2. The molecule has 0 aliphatic rings. The minimum absolute atomic E-state index is 0.201. The molecular formula is C32H27BrCl2N4O2. The summed E-state index contributed by atoms with van der Waals surface area (Å²) in [5, 5.41) is 4.04. The van der Waals surface area contributed by atoms with Crippen molar-refractivity contribution < 1.29 is 4.79 Å². The van der Waals surface area contributed by atoms with Crippen LogP contribution in [0.3, 0.4) is 0 Å². The van der Waals surface area contributed by atoms with Crippen LogP contribution in [0.25, 0.3) is 16.6 Å². The zero-order chi connectivity index (χ0) is 28.9. The first-order valence-electron chi connectivity index (χ1n) is 13.2. The second-order valence-electron chi connectivity index (χ2n) is 9.49. The highest BCUT2D eigenvalue weighted by Gasteiger charge is 2.29. The number of benzene rings is 4. The molecule has 0 bridgehead atoms. The van der Waals surface area contributed by atoms with Crippen LogP contribution in [0.2, 0.25) is 10.0 Å². The highest BCUT2D eigenvalue weighted by atomic mass is 79.9. The molecule has 0 fully saturated rings. The number of halogens is 3. The van der Waals surface area contributed by atoms with Crippen molar-refractivity contribution in [1.29, 1.82) is 0 Å². The second kappa shape index (κ2) is 12.9. The smallest absolute Gasteiger partial charge is 0.314 e. The van der Waals surface area contributed by atoms with Gasteiger partial charge in [0.1, 0.15) is 5.82 Å².